The molecule has 0 spiro atoms. The summed E-state index contributed by atoms with van der Waals surface area (Å²) in [4.78, 5) is 0. The van der Waals surface area contributed by atoms with Crippen LogP contribution in [0.15, 0.2) is 0 Å². The van der Waals surface area contributed by atoms with Crippen LogP contribution >= 0.6 is 0 Å². The molecule has 0 aromatic heterocycles. The molecule has 2 saturated carbocycles. The minimum Gasteiger partial charge on any atom is -0.381 e. The second kappa shape index (κ2) is 5.27. The van der Waals surface area contributed by atoms with Gasteiger partial charge in [-0.25, -0.2) is 0 Å². The van der Waals surface area contributed by atoms with Gasteiger partial charge in [-0.05, 0) is 56.3 Å². The van der Waals surface area contributed by atoms with E-state index in [-0.39, 0.29) is 0 Å². The molecule has 1 N–H and O–H groups in total. The molecule has 1 radical (unpaired) electrons. The summed E-state index contributed by atoms with van der Waals surface area (Å²) in [7, 11) is 0. The highest BCUT2D eigenvalue weighted by molar-refractivity contribution is 5.11. The summed E-state index contributed by atoms with van der Waals surface area (Å²) in [5.41, 5.74) is 0. The molecule has 2 heteroatoms. The van der Waals surface area contributed by atoms with Crippen LogP contribution in [0.2, 0.25) is 0 Å². The van der Waals surface area contributed by atoms with E-state index in [1.54, 1.807) is 0 Å². The van der Waals surface area contributed by atoms with Crippen LogP contribution in [0.1, 0.15) is 51.9 Å². The Balaban J connectivity index is 1.52. The monoisotopic (exact) mass is 236 g/mol. The van der Waals surface area contributed by atoms with Gasteiger partial charge in [-0.1, -0.05) is 13.3 Å². The number of hydrogen-bond donors (Lipinski definition) is 1. The standard InChI is InChI=1S/C15H26NO/c1-2-11-10-17-7-6-15(11)16-14-8-12-4-3-5-13(12)9-14/h11-12,14-16H,2-10H2,1H3/t11-,12-,14+,15-/m1/s1. The summed E-state index contributed by atoms with van der Waals surface area (Å²) >= 11 is 0. The van der Waals surface area contributed by atoms with Crippen LogP contribution in [0, 0.1) is 17.8 Å². The van der Waals surface area contributed by atoms with Gasteiger partial charge in [0, 0.05) is 18.7 Å². The van der Waals surface area contributed by atoms with E-state index in [1.165, 1.54) is 44.9 Å². The fourth-order valence-electron chi connectivity index (χ4n) is 4.13. The average molecular weight is 236 g/mol. The molecule has 1 heterocycles. The SMILES string of the molecule is CC[C@@H]1COCC[C@H]1N[C@@H]1C[C]2CCC[C@@H]2C1. The Hall–Kier alpha value is -0.0800. The zero-order valence-electron chi connectivity index (χ0n) is 11.1. The molecule has 3 fully saturated rings. The highest BCUT2D eigenvalue weighted by atomic mass is 16.5. The lowest BCUT2D eigenvalue weighted by molar-refractivity contribution is 0.0274. The van der Waals surface area contributed by atoms with Crippen molar-refractivity contribution < 1.29 is 4.74 Å². The van der Waals surface area contributed by atoms with Crippen molar-refractivity contribution in [3.63, 3.8) is 0 Å². The molecular formula is C15H26NO. The summed E-state index contributed by atoms with van der Waals surface area (Å²) in [6, 6.07) is 1.51. The summed E-state index contributed by atoms with van der Waals surface area (Å²) in [5, 5.41) is 3.95. The highest BCUT2D eigenvalue weighted by Gasteiger charge is 2.39. The Morgan fingerprint density at radius 3 is 3.12 bits per heavy atom. The summed E-state index contributed by atoms with van der Waals surface area (Å²) in [5.74, 6) is 3.60. The molecule has 4 atom stereocenters. The van der Waals surface area contributed by atoms with Crippen LogP contribution in [0.3, 0.4) is 0 Å². The maximum Gasteiger partial charge on any atom is 0.0509 e. The van der Waals surface area contributed by atoms with Crippen molar-refractivity contribution in [2.45, 2.75) is 64.0 Å². The van der Waals surface area contributed by atoms with Gasteiger partial charge in [-0.2, -0.15) is 0 Å². The Bertz CT molecular complexity index is 243. The van der Waals surface area contributed by atoms with E-state index in [0.29, 0.717) is 0 Å². The Morgan fingerprint density at radius 2 is 2.29 bits per heavy atom. The van der Waals surface area contributed by atoms with Gasteiger partial charge in [-0.15, -0.1) is 0 Å². The summed E-state index contributed by atoms with van der Waals surface area (Å²) < 4.78 is 5.60. The predicted molar refractivity (Wildman–Crippen MR) is 69.7 cm³/mol. The van der Waals surface area contributed by atoms with Gasteiger partial charge in [0.2, 0.25) is 0 Å². The van der Waals surface area contributed by atoms with E-state index in [4.69, 9.17) is 4.74 Å². The minimum absolute atomic E-state index is 0.721. The quantitative estimate of drug-likeness (QED) is 0.813. The molecular weight excluding hydrogens is 210 g/mol. The van der Waals surface area contributed by atoms with E-state index >= 15 is 0 Å². The molecule has 1 saturated heterocycles. The largest absolute Gasteiger partial charge is 0.381 e. The topological polar surface area (TPSA) is 21.3 Å². The van der Waals surface area contributed by atoms with E-state index in [9.17, 15) is 0 Å². The molecule has 2 nitrogen and oxygen atoms in total. The second-order valence-corrected chi connectivity index (χ2v) is 6.19. The zero-order chi connectivity index (χ0) is 11.7. The molecule has 3 rings (SSSR count). The minimum atomic E-state index is 0.721. The number of ether oxygens (including phenoxy) is 1. The van der Waals surface area contributed by atoms with Gasteiger partial charge in [-0.3, -0.25) is 0 Å². The first-order chi connectivity index (χ1) is 8.36. The van der Waals surface area contributed by atoms with E-state index < -0.39 is 0 Å². The first kappa shape index (κ1) is 12.0. The number of rotatable bonds is 3. The Kier molecular flexibility index (Phi) is 3.72. The molecule has 0 amide bonds. The van der Waals surface area contributed by atoms with Gasteiger partial charge in [0.15, 0.2) is 0 Å². The molecule has 2 aliphatic carbocycles. The number of fused-ring (bicyclic) bond motifs is 1. The average Bonchev–Trinajstić information content (AvgIpc) is 2.90. The summed E-state index contributed by atoms with van der Waals surface area (Å²) in [6.45, 7) is 4.23. The van der Waals surface area contributed by atoms with Crippen LogP contribution in [-0.4, -0.2) is 25.3 Å². The molecule has 3 aliphatic rings. The smallest absolute Gasteiger partial charge is 0.0509 e. The van der Waals surface area contributed by atoms with Crippen molar-refractivity contribution in [2.24, 2.45) is 11.8 Å². The van der Waals surface area contributed by atoms with Crippen LogP contribution < -0.4 is 5.32 Å². The van der Waals surface area contributed by atoms with E-state index in [2.05, 4.69) is 12.2 Å². The van der Waals surface area contributed by atoms with Crippen LogP contribution in [0.25, 0.3) is 0 Å². The maximum atomic E-state index is 5.60. The van der Waals surface area contributed by atoms with Gasteiger partial charge >= 0.3 is 0 Å². The molecule has 0 aromatic carbocycles. The van der Waals surface area contributed by atoms with Gasteiger partial charge in [0.25, 0.3) is 0 Å². The lowest BCUT2D eigenvalue weighted by atomic mass is 9.92. The molecule has 1 aliphatic heterocycles. The van der Waals surface area contributed by atoms with Crippen LogP contribution in [0.5, 0.6) is 0 Å². The maximum absolute atomic E-state index is 5.60. The molecule has 0 aromatic rings. The summed E-state index contributed by atoms with van der Waals surface area (Å²) in [6.07, 6.45) is 9.62. The van der Waals surface area contributed by atoms with Crippen molar-refractivity contribution in [1.82, 2.24) is 5.32 Å². The van der Waals surface area contributed by atoms with Crippen molar-refractivity contribution >= 4 is 0 Å². The van der Waals surface area contributed by atoms with Crippen molar-refractivity contribution in [2.75, 3.05) is 13.2 Å². The first-order valence-electron chi connectivity index (χ1n) is 7.55. The third kappa shape index (κ3) is 2.53. The molecule has 17 heavy (non-hydrogen) atoms. The molecule has 0 unspecified atom stereocenters. The van der Waals surface area contributed by atoms with Crippen molar-refractivity contribution in [3.8, 4) is 0 Å². The van der Waals surface area contributed by atoms with Gasteiger partial charge in [0.05, 0.1) is 6.61 Å². The molecule has 0 bridgehead atoms. The van der Waals surface area contributed by atoms with E-state index in [0.717, 1.165) is 37.1 Å². The number of nitrogens with one attached hydrogen (secondary N) is 1. The van der Waals surface area contributed by atoms with Gasteiger partial charge in [0.1, 0.15) is 0 Å². The predicted octanol–water partition coefficient (Wildman–Crippen LogP) is 2.93. The lowest BCUT2D eigenvalue weighted by Crippen LogP contribution is -2.46. The van der Waals surface area contributed by atoms with Crippen molar-refractivity contribution in [3.05, 3.63) is 5.92 Å². The Labute approximate surface area is 105 Å². The van der Waals surface area contributed by atoms with E-state index in [1.807, 2.05) is 5.92 Å². The zero-order valence-corrected chi connectivity index (χ0v) is 11.1. The fourth-order valence-corrected chi connectivity index (χ4v) is 4.13. The van der Waals surface area contributed by atoms with Crippen LogP contribution in [-0.2, 0) is 4.74 Å². The normalized spacial score (nSPS) is 42.9. The Morgan fingerprint density at radius 1 is 1.35 bits per heavy atom. The third-order valence-corrected chi connectivity index (χ3v) is 5.15. The fraction of sp³-hybridized carbons (Fsp3) is 0.933. The number of hydrogen-bond acceptors (Lipinski definition) is 2. The van der Waals surface area contributed by atoms with Crippen molar-refractivity contribution in [1.29, 1.82) is 0 Å². The van der Waals surface area contributed by atoms with Gasteiger partial charge < -0.3 is 10.1 Å². The first-order valence-corrected chi connectivity index (χ1v) is 7.55. The lowest BCUT2D eigenvalue weighted by Gasteiger charge is -2.34. The van der Waals surface area contributed by atoms with Crippen LogP contribution in [0.4, 0.5) is 0 Å². The third-order valence-electron chi connectivity index (χ3n) is 5.15. The highest BCUT2D eigenvalue weighted by Crippen LogP contribution is 2.45. The second-order valence-electron chi connectivity index (χ2n) is 6.19. The molecule has 97 valence electrons.